The lowest BCUT2D eigenvalue weighted by Crippen LogP contribution is -3.00. The molecule has 0 unspecified atom stereocenters. The molecule has 2 aromatic carbocycles. The van der Waals surface area contributed by atoms with E-state index in [1.165, 1.54) is 22.4 Å². The van der Waals surface area contributed by atoms with E-state index in [0.717, 1.165) is 31.0 Å². The lowest BCUT2D eigenvalue weighted by Gasteiger charge is -2.17. The average Bonchev–Trinajstić information content (AvgIpc) is 2.97. The van der Waals surface area contributed by atoms with Gasteiger partial charge in [-0.2, -0.15) is 0 Å². The second-order valence-corrected chi connectivity index (χ2v) is 5.61. The van der Waals surface area contributed by atoms with E-state index in [9.17, 15) is 0 Å². The highest BCUT2D eigenvalue weighted by molar-refractivity contribution is 5.97. The first-order chi connectivity index (χ1) is 10.3. The molecule has 2 aliphatic rings. The highest BCUT2D eigenvalue weighted by Gasteiger charge is 2.26. The fraction of sp³-hybridized carbons (Fsp3) is 0.278. The molecule has 22 heavy (non-hydrogen) atoms. The Morgan fingerprint density at radius 1 is 1.05 bits per heavy atom. The summed E-state index contributed by atoms with van der Waals surface area (Å²) in [6.07, 6.45) is 1.05. The monoisotopic (exact) mass is 359 g/mol. The quantitative estimate of drug-likeness (QED) is 0.704. The van der Waals surface area contributed by atoms with Crippen LogP contribution in [0.2, 0.25) is 0 Å². The fourth-order valence-corrected chi connectivity index (χ4v) is 3.12. The minimum absolute atomic E-state index is 0. The van der Waals surface area contributed by atoms with Gasteiger partial charge in [-0.05, 0) is 17.7 Å². The zero-order valence-electron chi connectivity index (χ0n) is 12.5. The number of ether oxygens (including phenoxy) is 2. The van der Waals surface area contributed by atoms with Gasteiger partial charge in [0.25, 0.3) is 0 Å². The molecule has 2 aliphatic heterocycles. The first kappa shape index (κ1) is 15.1. The van der Waals surface area contributed by atoms with E-state index in [0.29, 0.717) is 6.79 Å². The number of hydrogen-bond acceptors (Lipinski definition) is 2. The standard InChI is InChI=1S/C18H18NO2.BrH/c1-13-16-10-18-17(20-12-21-18)9-15(16)7-8-19(13)11-14-5-3-2-4-6-14;/h2-6,9-10H,7-8,11-12H2,1H3;1H/q+1;/p-1. The van der Waals surface area contributed by atoms with Crippen molar-refractivity contribution in [3.8, 4) is 11.5 Å². The van der Waals surface area contributed by atoms with Crippen molar-refractivity contribution in [3.63, 3.8) is 0 Å². The molecular formula is C18H18BrNO2. The lowest BCUT2D eigenvalue weighted by molar-refractivity contribution is -0.545. The molecule has 4 heteroatoms. The minimum Gasteiger partial charge on any atom is -1.00 e. The summed E-state index contributed by atoms with van der Waals surface area (Å²) in [5.41, 5.74) is 5.32. The van der Waals surface area contributed by atoms with Gasteiger partial charge in [0.1, 0.15) is 6.54 Å². The Bertz CT molecular complexity index is 725. The smallest absolute Gasteiger partial charge is 0.231 e. The van der Waals surface area contributed by atoms with Gasteiger partial charge in [0.05, 0.1) is 0 Å². The molecule has 0 aromatic heterocycles. The molecular weight excluding hydrogens is 342 g/mol. The third-order valence-corrected chi connectivity index (χ3v) is 4.33. The van der Waals surface area contributed by atoms with E-state index in [-0.39, 0.29) is 17.0 Å². The summed E-state index contributed by atoms with van der Waals surface area (Å²) in [7, 11) is 0. The molecule has 0 N–H and O–H groups in total. The Kier molecular flexibility index (Phi) is 4.21. The van der Waals surface area contributed by atoms with Gasteiger partial charge in [-0.25, -0.2) is 4.58 Å². The summed E-state index contributed by atoms with van der Waals surface area (Å²) >= 11 is 0. The molecule has 0 aliphatic carbocycles. The predicted octanol–water partition coefficient (Wildman–Crippen LogP) is -0.00290. The van der Waals surface area contributed by atoms with Gasteiger partial charge >= 0.3 is 0 Å². The molecule has 3 nitrogen and oxygen atoms in total. The maximum absolute atomic E-state index is 5.51. The SMILES string of the molecule is CC1=[N+](Cc2ccccc2)CCc2cc3c(cc21)OCO3.[Br-]. The maximum Gasteiger partial charge on any atom is 0.231 e. The number of rotatable bonds is 2. The highest BCUT2D eigenvalue weighted by atomic mass is 79.9. The van der Waals surface area contributed by atoms with Crippen LogP contribution in [0.15, 0.2) is 42.5 Å². The zero-order chi connectivity index (χ0) is 14.2. The van der Waals surface area contributed by atoms with Crippen LogP contribution in [0.25, 0.3) is 0 Å². The van der Waals surface area contributed by atoms with Crippen molar-refractivity contribution < 1.29 is 31.0 Å². The first-order valence-electron chi connectivity index (χ1n) is 7.36. The lowest BCUT2D eigenvalue weighted by atomic mass is 9.96. The second kappa shape index (κ2) is 6.13. The van der Waals surface area contributed by atoms with Gasteiger partial charge in [-0.15, -0.1) is 0 Å². The zero-order valence-corrected chi connectivity index (χ0v) is 14.1. The van der Waals surface area contributed by atoms with E-state index in [1.807, 2.05) is 0 Å². The molecule has 4 rings (SSSR count). The Hall–Kier alpha value is -1.81. The summed E-state index contributed by atoms with van der Waals surface area (Å²) < 4.78 is 13.4. The molecule has 0 atom stereocenters. The van der Waals surface area contributed by atoms with Gasteiger partial charge in [0, 0.05) is 24.5 Å². The van der Waals surface area contributed by atoms with Crippen molar-refractivity contribution in [2.75, 3.05) is 13.3 Å². The Morgan fingerprint density at radius 3 is 2.55 bits per heavy atom. The first-order valence-corrected chi connectivity index (χ1v) is 7.36. The van der Waals surface area contributed by atoms with Crippen LogP contribution in [0.1, 0.15) is 23.6 Å². The number of halogens is 1. The van der Waals surface area contributed by atoms with Crippen molar-refractivity contribution in [1.82, 2.24) is 0 Å². The molecule has 0 amide bonds. The summed E-state index contributed by atoms with van der Waals surface area (Å²) in [6.45, 7) is 4.54. The number of benzene rings is 2. The molecule has 0 saturated heterocycles. The van der Waals surface area contributed by atoms with E-state index in [1.54, 1.807) is 0 Å². The van der Waals surface area contributed by atoms with Crippen molar-refractivity contribution in [1.29, 1.82) is 0 Å². The largest absolute Gasteiger partial charge is 1.00 e. The average molecular weight is 360 g/mol. The number of hydrogen-bond donors (Lipinski definition) is 0. The third kappa shape index (κ3) is 2.63. The van der Waals surface area contributed by atoms with Crippen LogP contribution < -0.4 is 26.5 Å². The number of fused-ring (bicyclic) bond motifs is 2. The van der Waals surface area contributed by atoms with Crippen LogP contribution in [0.5, 0.6) is 11.5 Å². The van der Waals surface area contributed by atoms with Crippen molar-refractivity contribution in [2.24, 2.45) is 0 Å². The summed E-state index contributed by atoms with van der Waals surface area (Å²) in [5, 5.41) is 0. The summed E-state index contributed by atoms with van der Waals surface area (Å²) in [4.78, 5) is 0. The number of nitrogens with zero attached hydrogens (tertiary/aromatic N) is 1. The Morgan fingerprint density at radius 2 is 1.77 bits per heavy atom. The summed E-state index contributed by atoms with van der Waals surface area (Å²) in [6, 6.07) is 14.9. The van der Waals surface area contributed by atoms with E-state index < -0.39 is 0 Å². The maximum atomic E-state index is 5.51. The fourth-order valence-electron chi connectivity index (χ4n) is 3.12. The third-order valence-electron chi connectivity index (χ3n) is 4.33. The van der Waals surface area contributed by atoms with Crippen molar-refractivity contribution in [3.05, 3.63) is 59.2 Å². The topological polar surface area (TPSA) is 21.5 Å². The second-order valence-electron chi connectivity index (χ2n) is 5.61. The van der Waals surface area contributed by atoms with Gasteiger partial charge in [-0.3, -0.25) is 0 Å². The van der Waals surface area contributed by atoms with Gasteiger partial charge in [0.2, 0.25) is 6.79 Å². The van der Waals surface area contributed by atoms with Crippen LogP contribution in [0, 0.1) is 0 Å². The molecule has 0 fully saturated rings. The van der Waals surface area contributed by atoms with Gasteiger partial charge in [-0.1, -0.05) is 30.3 Å². The minimum atomic E-state index is 0. The molecule has 0 bridgehead atoms. The highest BCUT2D eigenvalue weighted by Crippen LogP contribution is 2.36. The molecule has 2 heterocycles. The van der Waals surface area contributed by atoms with E-state index in [2.05, 4.69) is 54.0 Å². The molecule has 114 valence electrons. The molecule has 0 spiro atoms. The Labute approximate surface area is 141 Å². The normalized spacial score (nSPS) is 15.3. The van der Waals surface area contributed by atoms with E-state index >= 15 is 0 Å². The van der Waals surface area contributed by atoms with Crippen LogP contribution in [-0.2, 0) is 13.0 Å². The van der Waals surface area contributed by atoms with E-state index in [4.69, 9.17) is 9.47 Å². The molecule has 0 radical (unpaired) electrons. The van der Waals surface area contributed by atoms with Crippen LogP contribution in [0.4, 0.5) is 0 Å². The Balaban J connectivity index is 0.00000144. The van der Waals surface area contributed by atoms with Crippen LogP contribution in [-0.4, -0.2) is 23.6 Å². The van der Waals surface area contributed by atoms with Gasteiger partial charge in [0.15, 0.2) is 23.8 Å². The van der Waals surface area contributed by atoms with Crippen molar-refractivity contribution >= 4 is 5.71 Å². The van der Waals surface area contributed by atoms with Crippen molar-refractivity contribution in [2.45, 2.75) is 19.9 Å². The predicted molar refractivity (Wildman–Crippen MR) is 81.3 cm³/mol. The summed E-state index contributed by atoms with van der Waals surface area (Å²) in [5.74, 6) is 1.76. The molecule has 2 aromatic rings. The molecule has 0 saturated carbocycles. The van der Waals surface area contributed by atoms with Crippen LogP contribution in [0.3, 0.4) is 0 Å². The van der Waals surface area contributed by atoms with Crippen LogP contribution >= 0.6 is 0 Å². The van der Waals surface area contributed by atoms with Gasteiger partial charge < -0.3 is 26.5 Å².